The van der Waals surface area contributed by atoms with Gasteiger partial charge in [0.25, 0.3) is 0 Å². The zero-order valence-electron chi connectivity index (χ0n) is 11.5. The molecule has 17 heavy (non-hydrogen) atoms. The summed E-state index contributed by atoms with van der Waals surface area (Å²) in [5, 5.41) is 0. The summed E-state index contributed by atoms with van der Waals surface area (Å²) in [5.74, 6) is 0. The first-order chi connectivity index (χ1) is 8.05. The van der Waals surface area contributed by atoms with Crippen molar-refractivity contribution >= 4 is 6.29 Å². The van der Waals surface area contributed by atoms with Gasteiger partial charge in [0.2, 0.25) is 0 Å². The van der Waals surface area contributed by atoms with Gasteiger partial charge in [0.1, 0.15) is 6.29 Å². The third kappa shape index (κ3) is 3.31. The van der Waals surface area contributed by atoms with Crippen LogP contribution >= 0.6 is 0 Å². The average Bonchev–Trinajstić information content (AvgIpc) is 2.68. The second kappa shape index (κ2) is 5.09. The summed E-state index contributed by atoms with van der Waals surface area (Å²) in [7, 11) is 0. The molecule has 0 atom stereocenters. The fourth-order valence-corrected chi connectivity index (χ4v) is 3.47. The van der Waals surface area contributed by atoms with E-state index in [-0.39, 0.29) is 5.41 Å². The SMILES string of the molecule is CC1(C)CCCN(CC2(C=O)CCCC2)CC1. The Balaban J connectivity index is 1.92. The van der Waals surface area contributed by atoms with Gasteiger partial charge >= 0.3 is 0 Å². The van der Waals surface area contributed by atoms with Crippen LogP contribution in [0.4, 0.5) is 0 Å². The third-order valence-corrected chi connectivity index (χ3v) is 4.82. The summed E-state index contributed by atoms with van der Waals surface area (Å²) in [6.07, 6.45) is 9.90. The van der Waals surface area contributed by atoms with Gasteiger partial charge in [0, 0.05) is 12.0 Å². The first-order valence-corrected chi connectivity index (χ1v) is 7.24. The Morgan fingerprint density at radius 1 is 1.00 bits per heavy atom. The molecule has 0 aromatic heterocycles. The highest BCUT2D eigenvalue weighted by Gasteiger charge is 2.36. The van der Waals surface area contributed by atoms with Crippen molar-refractivity contribution in [1.29, 1.82) is 0 Å². The highest BCUT2D eigenvalue weighted by Crippen LogP contribution is 2.38. The fraction of sp³-hybridized carbons (Fsp3) is 0.933. The standard InChI is InChI=1S/C15H27NO/c1-14(2)6-5-10-16(11-9-14)12-15(13-17)7-3-4-8-15/h13H,3-12H2,1-2H3. The zero-order valence-corrected chi connectivity index (χ0v) is 11.5. The lowest BCUT2D eigenvalue weighted by atomic mass is 9.85. The van der Waals surface area contributed by atoms with E-state index in [2.05, 4.69) is 18.7 Å². The second-order valence-corrected chi connectivity index (χ2v) is 6.98. The molecule has 1 saturated heterocycles. The molecule has 0 bridgehead atoms. The summed E-state index contributed by atoms with van der Waals surface area (Å²) in [4.78, 5) is 13.9. The van der Waals surface area contributed by atoms with Gasteiger partial charge in [-0.25, -0.2) is 0 Å². The molecule has 0 spiro atoms. The molecule has 2 heteroatoms. The molecule has 1 heterocycles. The van der Waals surface area contributed by atoms with Crippen LogP contribution in [0.25, 0.3) is 0 Å². The van der Waals surface area contributed by atoms with Crippen LogP contribution < -0.4 is 0 Å². The predicted octanol–water partition coefficient (Wildman–Crippen LogP) is 3.26. The smallest absolute Gasteiger partial charge is 0.127 e. The van der Waals surface area contributed by atoms with E-state index >= 15 is 0 Å². The monoisotopic (exact) mass is 237 g/mol. The van der Waals surface area contributed by atoms with Gasteiger partial charge in [-0.1, -0.05) is 26.7 Å². The highest BCUT2D eigenvalue weighted by atomic mass is 16.1. The number of hydrogen-bond donors (Lipinski definition) is 0. The Labute approximate surface area is 106 Å². The largest absolute Gasteiger partial charge is 0.303 e. The molecule has 1 aliphatic carbocycles. The molecule has 2 nitrogen and oxygen atoms in total. The van der Waals surface area contributed by atoms with Gasteiger partial charge in [0.05, 0.1) is 0 Å². The van der Waals surface area contributed by atoms with Crippen LogP contribution in [0.1, 0.15) is 58.8 Å². The number of nitrogens with zero attached hydrogens (tertiary/aromatic N) is 1. The maximum absolute atomic E-state index is 11.4. The molecule has 2 fully saturated rings. The summed E-state index contributed by atoms with van der Waals surface area (Å²) in [6, 6.07) is 0. The van der Waals surface area contributed by atoms with E-state index in [1.165, 1.54) is 51.5 Å². The van der Waals surface area contributed by atoms with Gasteiger partial charge < -0.3 is 9.69 Å². The molecular weight excluding hydrogens is 210 g/mol. The molecule has 0 unspecified atom stereocenters. The zero-order chi connectivity index (χ0) is 12.4. The molecule has 98 valence electrons. The van der Waals surface area contributed by atoms with Crippen LogP contribution in [0.2, 0.25) is 0 Å². The number of carbonyl (C=O) groups is 1. The van der Waals surface area contributed by atoms with Crippen molar-refractivity contribution < 1.29 is 4.79 Å². The van der Waals surface area contributed by atoms with E-state index in [1.807, 2.05) is 0 Å². The summed E-state index contributed by atoms with van der Waals surface area (Å²) in [6.45, 7) is 8.15. The van der Waals surface area contributed by atoms with Gasteiger partial charge in [-0.15, -0.1) is 0 Å². The van der Waals surface area contributed by atoms with E-state index < -0.39 is 0 Å². The van der Waals surface area contributed by atoms with E-state index in [0.717, 1.165) is 19.4 Å². The van der Waals surface area contributed by atoms with Crippen molar-refractivity contribution in [3.63, 3.8) is 0 Å². The maximum atomic E-state index is 11.4. The summed E-state index contributed by atoms with van der Waals surface area (Å²) >= 11 is 0. The van der Waals surface area contributed by atoms with Gasteiger partial charge in [-0.05, 0) is 50.6 Å². The molecule has 2 aliphatic rings. The van der Waals surface area contributed by atoms with Gasteiger partial charge in [0.15, 0.2) is 0 Å². The van der Waals surface area contributed by atoms with Gasteiger partial charge in [-0.2, -0.15) is 0 Å². The van der Waals surface area contributed by atoms with Crippen LogP contribution in [0.15, 0.2) is 0 Å². The predicted molar refractivity (Wildman–Crippen MR) is 71.0 cm³/mol. The van der Waals surface area contributed by atoms with E-state index in [4.69, 9.17) is 0 Å². The minimum absolute atomic E-state index is 0.00842. The van der Waals surface area contributed by atoms with Crippen LogP contribution in [0, 0.1) is 10.8 Å². The van der Waals surface area contributed by atoms with Crippen LogP contribution in [-0.2, 0) is 4.79 Å². The summed E-state index contributed by atoms with van der Waals surface area (Å²) in [5.41, 5.74) is 0.507. The number of rotatable bonds is 3. The average molecular weight is 237 g/mol. The maximum Gasteiger partial charge on any atom is 0.127 e. The molecule has 1 saturated carbocycles. The fourth-order valence-electron chi connectivity index (χ4n) is 3.47. The topological polar surface area (TPSA) is 20.3 Å². The first-order valence-electron chi connectivity index (χ1n) is 7.24. The number of hydrogen-bond acceptors (Lipinski definition) is 2. The van der Waals surface area contributed by atoms with Crippen LogP contribution in [-0.4, -0.2) is 30.8 Å². The van der Waals surface area contributed by atoms with Crippen molar-refractivity contribution in [1.82, 2.24) is 4.90 Å². The normalized spacial score (nSPS) is 28.8. The molecule has 0 radical (unpaired) electrons. The molecule has 2 rings (SSSR count). The van der Waals surface area contributed by atoms with Crippen molar-refractivity contribution in [2.24, 2.45) is 10.8 Å². The van der Waals surface area contributed by atoms with E-state index in [1.54, 1.807) is 0 Å². The molecule has 0 amide bonds. The summed E-state index contributed by atoms with van der Waals surface area (Å²) < 4.78 is 0. The van der Waals surface area contributed by atoms with E-state index in [9.17, 15) is 4.79 Å². The van der Waals surface area contributed by atoms with Crippen LogP contribution in [0.3, 0.4) is 0 Å². The molecule has 0 aromatic carbocycles. The Morgan fingerprint density at radius 2 is 1.71 bits per heavy atom. The second-order valence-electron chi connectivity index (χ2n) is 6.98. The number of aldehydes is 1. The van der Waals surface area contributed by atoms with Crippen LogP contribution in [0.5, 0.6) is 0 Å². The van der Waals surface area contributed by atoms with E-state index in [0.29, 0.717) is 5.41 Å². The minimum atomic E-state index is 0.00842. The Bertz CT molecular complexity index is 266. The van der Waals surface area contributed by atoms with Crippen molar-refractivity contribution in [3.05, 3.63) is 0 Å². The highest BCUT2D eigenvalue weighted by molar-refractivity contribution is 5.60. The number of carbonyl (C=O) groups excluding carboxylic acids is 1. The quantitative estimate of drug-likeness (QED) is 0.702. The first kappa shape index (κ1) is 13.1. The lowest BCUT2D eigenvalue weighted by Crippen LogP contribution is -2.38. The molecule has 1 aliphatic heterocycles. The molecule has 0 aromatic rings. The minimum Gasteiger partial charge on any atom is -0.303 e. The molecule has 0 N–H and O–H groups in total. The lowest BCUT2D eigenvalue weighted by molar-refractivity contribution is -0.117. The van der Waals surface area contributed by atoms with Crippen molar-refractivity contribution in [3.8, 4) is 0 Å². The van der Waals surface area contributed by atoms with Gasteiger partial charge in [-0.3, -0.25) is 0 Å². The third-order valence-electron chi connectivity index (χ3n) is 4.82. The van der Waals surface area contributed by atoms with Crippen molar-refractivity contribution in [2.75, 3.05) is 19.6 Å². The lowest BCUT2D eigenvalue weighted by Gasteiger charge is -2.30. The number of likely N-dealkylation sites (tertiary alicyclic amines) is 1. The van der Waals surface area contributed by atoms with Crippen molar-refractivity contribution in [2.45, 2.75) is 58.8 Å². The Hall–Kier alpha value is -0.370. The Kier molecular flexibility index (Phi) is 3.92. The Morgan fingerprint density at radius 3 is 2.35 bits per heavy atom. The molecular formula is C15H27NO.